The van der Waals surface area contributed by atoms with E-state index in [4.69, 9.17) is 0 Å². The fourth-order valence-electron chi connectivity index (χ4n) is 3.36. The van der Waals surface area contributed by atoms with Crippen LogP contribution >= 0.6 is 0 Å². The van der Waals surface area contributed by atoms with Crippen molar-refractivity contribution in [2.45, 2.75) is 6.61 Å². The van der Waals surface area contributed by atoms with Gasteiger partial charge in [-0.2, -0.15) is 5.10 Å². The van der Waals surface area contributed by atoms with E-state index in [9.17, 15) is 15.0 Å². The van der Waals surface area contributed by atoms with E-state index in [1.165, 1.54) is 12.1 Å². The van der Waals surface area contributed by atoms with E-state index in [1.807, 2.05) is 24.3 Å². The van der Waals surface area contributed by atoms with Gasteiger partial charge in [0.15, 0.2) is 5.82 Å². The molecule has 2 aromatic heterocycles. The largest absolute Gasteiger partial charge is 0.508 e. The molecule has 8 nitrogen and oxygen atoms in total. The number of aliphatic hydroxyl groups excluding tert-OH is 1. The lowest BCUT2D eigenvalue weighted by atomic mass is 10.1. The third kappa shape index (κ3) is 3.15. The molecule has 0 atom stereocenters. The van der Waals surface area contributed by atoms with Crippen LogP contribution in [0, 0.1) is 0 Å². The maximum Gasteiger partial charge on any atom is 0.255 e. The molecule has 30 heavy (non-hydrogen) atoms. The van der Waals surface area contributed by atoms with Crippen LogP contribution in [0.15, 0.2) is 60.7 Å². The maximum absolute atomic E-state index is 12.6. The number of phenols is 1. The van der Waals surface area contributed by atoms with Crippen LogP contribution in [0.3, 0.4) is 0 Å². The highest BCUT2D eigenvalue weighted by Crippen LogP contribution is 2.27. The first-order valence-corrected chi connectivity index (χ1v) is 9.29. The third-order valence-corrected chi connectivity index (χ3v) is 4.90. The summed E-state index contributed by atoms with van der Waals surface area (Å²) >= 11 is 0. The fourth-order valence-corrected chi connectivity index (χ4v) is 3.36. The molecular formula is C22H17N5O3. The van der Waals surface area contributed by atoms with Crippen LogP contribution in [0.2, 0.25) is 0 Å². The van der Waals surface area contributed by atoms with E-state index >= 15 is 0 Å². The lowest BCUT2D eigenvalue weighted by Gasteiger charge is -2.05. The number of aromatic nitrogens is 4. The quantitative estimate of drug-likeness (QED) is 0.295. The molecule has 5 rings (SSSR count). The smallest absolute Gasteiger partial charge is 0.255 e. The summed E-state index contributed by atoms with van der Waals surface area (Å²) in [6.45, 7) is -0.0371. The molecule has 0 spiro atoms. The van der Waals surface area contributed by atoms with Gasteiger partial charge in [0.25, 0.3) is 5.91 Å². The Morgan fingerprint density at radius 1 is 1.00 bits per heavy atom. The molecule has 0 unspecified atom stereocenters. The normalized spacial score (nSPS) is 11.2. The summed E-state index contributed by atoms with van der Waals surface area (Å²) in [4.78, 5) is 20.4. The van der Waals surface area contributed by atoms with Crippen molar-refractivity contribution in [1.29, 1.82) is 0 Å². The Balaban J connectivity index is 1.46. The summed E-state index contributed by atoms with van der Waals surface area (Å²) in [7, 11) is 0. The van der Waals surface area contributed by atoms with Gasteiger partial charge >= 0.3 is 0 Å². The van der Waals surface area contributed by atoms with Crippen LogP contribution in [0.4, 0.5) is 5.69 Å². The molecule has 0 aliphatic rings. The van der Waals surface area contributed by atoms with E-state index in [0.29, 0.717) is 28.3 Å². The molecule has 0 bridgehead atoms. The lowest BCUT2D eigenvalue weighted by molar-refractivity contribution is 0.102. The number of rotatable bonds is 4. The van der Waals surface area contributed by atoms with Gasteiger partial charge in [0.2, 0.25) is 0 Å². The van der Waals surface area contributed by atoms with E-state index in [-0.39, 0.29) is 18.3 Å². The zero-order valence-corrected chi connectivity index (χ0v) is 15.7. The van der Waals surface area contributed by atoms with Gasteiger partial charge in [0.05, 0.1) is 23.2 Å². The molecule has 0 aliphatic heterocycles. The van der Waals surface area contributed by atoms with Gasteiger partial charge in [-0.3, -0.25) is 9.89 Å². The zero-order valence-electron chi connectivity index (χ0n) is 15.7. The number of nitrogens with zero attached hydrogens (tertiary/aromatic N) is 2. The highest BCUT2D eigenvalue weighted by molar-refractivity contribution is 6.07. The number of amides is 1. The van der Waals surface area contributed by atoms with E-state index in [0.717, 1.165) is 22.0 Å². The van der Waals surface area contributed by atoms with Crippen molar-refractivity contribution in [3.8, 4) is 17.3 Å². The van der Waals surface area contributed by atoms with Crippen LogP contribution in [-0.4, -0.2) is 36.3 Å². The molecule has 5 aromatic rings. The van der Waals surface area contributed by atoms with Crippen LogP contribution in [0.5, 0.6) is 5.75 Å². The first-order chi connectivity index (χ1) is 14.6. The minimum atomic E-state index is -0.265. The second-order valence-corrected chi connectivity index (χ2v) is 6.93. The number of nitrogens with one attached hydrogen (secondary N) is 3. The SMILES string of the molecule is O=C(Nc1ccc(O)cc1)c1ccc2c(-c3nc4ccc(CO)cc4[nH]3)n[nH]c2c1. The Morgan fingerprint density at radius 3 is 2.63 bits per heavy atom. The van der Waals surface area contributed by atoms with Crippen molar-refractivity contribution in [3.63, 3.8) is 0 Å². The van der Waals surface area contributed by atoms with Crippen molar-refractivity contribution >= 4 is 33.5 Å². The highest BCUT2D eigenvalue weighted by atomic mass is 16.3. The number of aromatic hydroxyl groups is 1. The van der Waals surface area contributed by atoms with Crippen LogP contribution in [0.1, 0.15) is 15.9 Å². The molecule has 8 heteroatoms. The first kappa shape index (κ1) is 17.9. The summed E-state index contributed by atoms with van der Waals surface area (Å²) in [5, 5.41) is 29.6. The lowest BCUT2D eigenvalue weighted by Crippen LogP contribution is -2.11. The number of benzene rings is 3. The van der Waals surface area contributed by atoms with E-state index in [2.05, 4.69) is 25.5 Å². The Hall–Kier alpha value is -4.17. The first-order valence-electron chi connectivity index (χ1n) is 9.29. The van der Waals surface area contributed by atoms with E-state index < -0.39 is 0 Å². The number of fused-ring (bicyclic) bond motifs is 2. The summed E-state index contributed by atoms with van der Waals surface area (Å²) in [5.74, 6) is 0.476. The molecular weight excluding hydrogens is 382 g/mol. The Kier molecular flexibility index (Phi) is 4.19. The van der Waals surface area contributed by atoms with Crippen molar-refractivity contribution in [2.24, 2.45) is 0 Å². The number of phenolic OH excluding ortho intramolecular Hbond substituents is 1. The Bertz CT molecular complexity index is 1390. The maximum atomic E-state index is 12.6. The minimum absolute atomic E-state index is 0.0371. The number of anilines is 1. The van der Waals surface area contributed by atoms with Gasteiger partial charge in [-0.15, -0.1) is 0 Å². The number of carbonyl (C=O) groups is 1. The minimum Gasteiger partial charge on any atom is -0.508 e. The molecule has 0 saturated heterocycles. The molecule has 0 radical (unpaired) electrons. The number of aliphatic hydroxyl groups is 1. The molecule has 0 aliphatic carbocycles. The number of hydrogen-bond donors (Lipinski definition) is 5. The van der Waals surface area contributed by atoms with Crippen molar-refractivity contribution in [1.82, 2.24) is 20.2 Å². The molecule has 0 saturated carbocycles. The van der Waals surface area contributed by atoms with E-state index in [1.54, 1.807) is 24.3 Å². The molecule has 2 heterocycles. The van der Waals surface area contributed by atoms with Gasteiger partial charge in [-0.25, -0.2) is 4.98 Å². The monoisotopic (exact) mass is 399 g/mol. The van der Waals surface area contributed by atoms with Gasteiger partial charge in [-0.1, -0.05) is 6.07 Å². The second kappa shape index (κ2) is 7.02. The standard InChI is InChI=1S/C22H17N5O3/c28-11-12-1-8-17-19(9-12)25-21(24-17)20-16-7-2-13(10-18(16)26-27-20)22(30)23-14-3-5-15(29)6-4-14/h1-10,28-29H,11H2,(H,23,30)(H,24,25)(H,26,27). The van der Waals surface area contributed by atoms with Crippen molar-refractivity contribution < 1.29 is 15.0 Å². The predicted molar refractivity (Wildman–Crippen MR) is 113 cm³/mol. The average Bonchev–Trinajstić information content (AvgIpc) is 3.37. The number of hydrogen-bond acceptors (Lipinski definition) is 5. The number of aromatic amines is 2. The Labute approximate surface area is 170 Å². The third-order valence-electron chi connectivity index (χ3n) is 4.90. The number of carbonyl (C=O) groups excluding carboxylic acids is 1. The molecule has 5 N–H and O–H groups in total. The Morgan fingerprint density at radius 2 is 1.83 bits per heavy atom. The molecule has 0 fully saturated rings. The van der Waals surface area contributed by atoms with Gasteiger partial charge in [0, 0.05) is 16.6 Å². The summed E-state index contributed by atoms with van der Waals surface area (Å²) in [5.41, 5.74) is 4.82. The number of imidazole rings is 1. The molecule has 148 valence electrons. The summed E-state index contributed by atoms with van der Waals surface area (Å²) < 4.78 is 0. The highest BCUT2D eigenvalue weighted by Gasteiger charge is 2.15. The zero-order chi connectivity index (χ0) is 20.7. The average molecular weight is 399 g/mol. The molecule has 1 amide bonds. The van der Waals surface area contributed by atoms with Crippen molar-refractivity contribution in [2.75, 3.05) is 5.32 Å². The van der Waals surface area contributed by atoms with Gasteiger partial charge in [0.1, 0.15) is 11.4 Å². The molecule has 3 aromatic carbocycles. The van der Waals surface area contributed by atoms with Crippen LogP contribution < -0.4 is 5.32 Å². The number of H-pyrrole nitrogens is 2. The summed E-state index contributed by atoms with van der Waals surface area (Å²) in [6.07, 6.45) is 0. The summed E-state index contributed by atoms with van der Waals surface area (Å²) in [6, 6.07) is 17.1. The van der Waals surface area contributed by atoms with Gasteiger partial charge in [-0.05, 0) is 60.2 Å². The van der Waals surface area contributed by atoms with Gasteiger partial charge < -0.3 is 20.5 Å². The van der Waals surface area contributed by atoms with Crippen LogP contribution in [-0.2, 0) is 6.61 Å². The fraction of sp³-hybridized carbons (Fsp3) is 0.0455. The van der Waals surface area contributed by atoms with Crippen molar-refractivity contribution in [3.05, 3.63) is 71.8 Å². The topological polar surface area (TPSA) is 127 Å². The van der Waals surface area contributed by atoms with Crippen LogP contribution in [0.25, 0.3) is 33.5 Å². The second-order valence-electron chi connectivity index (χ2n) is 6.93. The predicted octanol–water partition coefficient (Wildman–Crippen LogP) is 3.56.